The van der Waals surface area contributed by atoms with Crippen LogP contribution in [0.2, 0.25) is 0 Å². The zero-order chi connectivity index (χ0) is 15.2. The Morgan fingerprint density at radius 1 is 1.09 bits per heavy atom. The fourth-order valence-electron chi connectivity index (χ4n) is 2.56. The molecule has 2 saturated heterocycles. The van der Waals surface area contributed by atoms with Crippen molar-refractivity contribution < 1.29 is 9.47 Å². The number of aliphatic imine (C=N–C) groups is 2. The second-order valence-corrected chi connectivity index (χ2v) is 5.19. The smallest absolute Gasteiger partial charge is 0.225 e. The Balaban J connectivity index is 1.82. The lowest BCUT2D eigenvalue weighted by Crippen LogP contribution is -2.43. The first-order valence-corrected chi connectivity index (χ1v) is 7.58. The number of rotatable bonds is 2. The van der Waals surface area contributed by atoms with Crippen LogP contribution >= 0.6 is 0 Å². The maximum Gasteiger partial charge on any atom is 0.225 e. The van der Waals surface area contributed by atoms with E-state index in [2.05, 4.69) is 32.0 Å². The first-order valence-electron chi connectivity index (χ1n) is 7.58. The van der Waals surface area contributed by atoms with Crippen LogP contribution in [-0.4, -0.2) is 87.1 Å². The van der Waals surface area contributed by atoms with Gasteiger partial charge in [0.1, 0.15) is 5.84 Å². The van der Waals surface area contributed by atoms with Gasteiger partial charge in [0.2, 0.25) is 5.96 Å². The topological polar surface area (TPSA) is 74.0 Å². The molecule has 0 aromatic heterocycles. The summed E-state index contributed by atoms with van der Waals surface area (Å²) in [4.78, 5) is 13.8. The Morgan fingerprint density at radius 2 is 1.73 bits per heavy atom. The first kappa shape index (κ1) is 15.0. The summed E-state index contributed by atoms with van der Waals surface area (Å²) in [6.07, 6.45) is 3.69. The molecule has 0 radical (unpaired) electrons. The van der Waals surface area contributed by atoms with Gasteiger partial charge in [0.05, 0.1) is 26.4 Å². The average molecular weight is 306 g/mol. The summed E-state index contributed by atoms with van der Waals surface area (Å²) in [5.74, 6) is 1.64. The van der Waals surface area contributed by atoms with Crippen molar-refractivity contribution in [2.75, 3.05) is 52.6 Å². The molecule has 8 nitrogen and oxygen atoms in total. The van der Waals surface area contributed by atoms with Gasteiger partial charge in [0.15, 0.2) is 6.17 Å². The van der Waals surface area contributed by atoms with Crippen molar-refractivity contribution in [3.8, 4) is 0 Å². The van der Waals surface area contributed by atoms with E-state index >= 15 is 0 Å². The number of hydrazone groups is 1. The van der Waals surface area contributed by atoms with Crippen molar-refractivity contribution in [2.24, 2.45) is 15.1 Å². The second kappa shape index (κ2) is 7.37. The predicted octanol–water partition coefficient (Wildman–Crippen LogP) is -0.494. The fourth-order valence-corrected chi connectivity index (χ4v) is 2.56. The van der Waals surface area contributed by atoms with Crippen LogP contribution < -0.4 is 5.43 Å². The largest absolute Gasteiger partial charge is 0.378 e. The first-order chi connectivity index (χ1) is 10.9. The standard InChI is InChI=1S/C14H22N6O2/c1-15-18-12-2-3-13(19-4-8-21-9-5-19)17-14(16-12)20-6-10-22-11-7-20/h2-3,12,18H,1,4-11H2. The molecule has 2 fully saturated rings. The number of amidine groups is 1. The van der Waals surface area contributed by atoms with Crippen molar-refractivity contribution in [2.45, 2.75) is 6.17 Å². The minimum absolute atomic E-state index is 0.252. The lowest BCUT2D eigenvalue weighted by Gasteiger charge is -2.30. The van der Waals surface area contributed by atoms with Crippen LogP contribution in [-0.2, 0) is 9.47 Å². The van der Waals surface area contributed by atoms with E-state index in [4.69, 9.17) is 14.5 Å². The molecule has 0 aromatic carbocycles. The van der Waals surface area contributed by atoms with Crippen LogP contribution in [0.1, 0.15) is 0 Å². The van der Waals surface area contributed by atoms with Crippen molar-refractivity contribution >= 4 is 18.5 Å². The number of hydrogen-bond acceptors (Lipinski definition) is 8. The van der Waals surface area contributed by atoms with Crippen LogP contribution in [0.5, 0.6) is 0 Å². The highest BCUT2D eigenvalue weighted by Crippen LogP contribution is 2.10. The number of hydrogen-bond donors (Lipinski definition) is 1. The average Bonchev–Trinajstić information content (AvgIpc) is 2.80. The van der Waals surface area contributed by atoms with Gasteiger partial charge >= 0.3 is 0 Å². The molecule has 0 spiro atoms. The van der Waals surface area contributed by atoms with Crippen LogP contribution in [0.15, 0.2) is 27.2 Å². The Bertz CT molecular complexity index is 478. The molecule has 3 aliphatic rings. The normalized spacial score (nSPS) is 26.1. The summed E-state index contributed by atoms with van der Waals surface area (Å²) in [6, 6.07) is 0. The van der Waals surface area contributed by atoms with Crippen LogP contribution in [0.3, 0.4) is 0 Å². The molecule has 120 valence electrons. The van der Waals surface area contributed by atoms with E-state index in [1.54, 1.807) is 0 Å². The van der Waals surface area contributed by atoms with Gasteiger partial charge in [0.25, 0.3) is 0 Å². The van der Waals surface area contributed by atoms with Gasteiger partial charge in [-0.2, -0.15) is 10.1 Å². The highest BCUT2D eigenvalue weighted by molar-refractivity contribution is 6.02. The molecule has 0 aromatic rings. The van der Waals surface area contributed by atoms with Gasteiger partial charge in [-0.05, 0) is 12.2 Å². The Hall–Kier alpha value is -1.93. The molecular formula is C14H22N6O2. The van der Waals surface area contributed by atoms with Crippen LogP contribution in [0.4, 0.5) is 0 Å². The highest BCUT2D eigenvalue weighted by Gasteiger charge is 2.21. The molecular weight excluding hydrogens is 284 g/mol. The molecule has 22 heavy (non-hydrogen) atoms. The summed E-state index contributed by atoms with van der Waals surface area (Å²) in [5.41, 5.74) is 2.88. The van der Waals surface area contributed by atoms with Crippen molar-refractivity contribution in [1.29, 1.82) is 0 Å². The third-order valence-corrected chi connectivity index (χ3v) is 3.75. The van der Waals surface area contributed by atoms with E-state index in [0.717, 1.165) is 51.2 Å². The third-order valence-electron chi connectivity index (χ3n) is 3.75. The molecule has 1 N–H and O–H groups in total. The predicted molar refractivity (Wildman–Crippen MR) is 85.3 cm³/mol. The van der Waals surface area contributed by atoms with Gasteiger partial charge < -0.3 is 19.3 Å². The van der Waals surface area contributed by atoms with E-state index in [9.17, 15) is 0 Å². The maximum atomic E-state index is 5.41. The Labute approximate surface area is 130 Å². The third kappa shape index (κ3) is 3.63. The summed E-state index contributed by atoms with van der Waals surface area (Å²) < 4.78 is 10.8. The molecule has 1 unspecified atom stereocenters. The zero-order valence-electron chi connectivity index (χ0n) is 12.6. The summed E-state index contributed by atoms with van der Waals surface area (Å²) in [5, 5.41) is 3.73. The number of ether oxygens (including phenoxy) is 2. The summed E-state index contributed by atoms with van der Waals surface area (Å²) in [6.45, 7) is 9.62. The number of nitrogens with zero attached hydrogens (tertiary/aromatic N) is 5. The molecule has 3 rings (SSSR count). The number of guanidine groups is 1. The van der Waals surface area contributed by atoms with E-state index in [1.165, 1.54) is 0 Å². The monoisotopic (exact) mass is 306 g/mol. The molecule has 0 amide bonds. The van der Waals surface area contributed by atoms with E-state index in [-0.39, 0.29) is 6.17 Å². The molecule has 3 heterocycles. The van der Waals surface area contributed by atoms with Gasteiger partial charge in [-0.25, -0.2) is 4.99 Å². The molecule has 0 aliphatic carbocycles. The van der Waals surface area contributed by atoms with Crippen molar-refractivity contribution in [1.82, 2.24) is 15.2 Å². The number of nitrogens with one attached hydrogen (secondary N) is 1. The summed E-state index contributed by atoms with van der Waals surface area (Å²) >= 11 is 0. The molecule has 0 bridgehead atoms. The highest BCUT2D eigenvalue weighted by atomic mass is 16.5. The van der Waals surface area contributed by atoms with E-state index < -0.39 is 0 Å². The quantitative estimate of drug-likeness (QED) is 0.550. The lowest BCUT2D eigenvalue weighted by molar-refractivity contribution is 0.0662. The Kier molecular flexibility index (Phi) is 5.02. The van der Waals surface area contributed by atoms with Crippen molar-refractivity contribution in [3.63, 3.8) is 0 Å². The second-order valence-electron chi connectivity index (χ2n) is 5.19. The van der Waals surface area contributed by atoms with Gasteiger partial charge in [0, 0.05) is 32.9 Å². The molecule has 8 heteroatoms. The molecule has 1 atom stereocenters. The minimum atomic E-state index is -0.252. The van der Waals surface area contributed by atoms with Crippen molar-refractivity contribution in [3.05, 3.63) is 12.2 Å². The zero-order valence-corrected chi connectivity index (χ0v) is 12.6. The number of morpholine rings is 2. The van der Waals surface area contributed by atoms with Gasteiger partial charge in [-0.1, -0.05) is 0 Å². The van der Waals surface area contributed by atoms with E-state index in [0.29, 0.717) is 13.2 Å². The lowest BCUT2D eigenvalue weighted by atomic mass is 10.3. The van der Waals surface area contributed by atoms with Gasteiger partial charge in [-0.3, -0.25) is 5.43 Å². The molecule has 3 aliphatic heterocycles. The minimum Gasteiger partial charge on any atom is -0.378 e. The Morgan fingerprint density at radius 3 is 2.36 bits per heavy atom. The SMILES string of the molecule is C=NNC1C=CC(N2CCOCC2)=NC(N2CCOCC2)=N1. The maximum absolute atomic E-state index is 5.41. The summed E-state index contributed by atoms with van der Waals surface area (Å²) in [7, 11) is 0. The fraction of sp³-hybridized carbons (Fsp3) is 0.643. The molecule has 0 saturated carbocycles. The van der Waals surface area contributed by atoms with Crippen LogP contribution in [0.25, 0.3) is 0 Å². The van der Waals surface area contributed by atoms with Gasteiger partial charge in [-0.15, -0.1) is 0 Å². The van der Waals surface area contributed by atoms with E-state index in [1.807, 2.05) is 12.2 Å². The van der Waals surface area contributed by atoms with Crippen LogP contribution in [0, 0.1) is 0 Å².